The fourth-order valence-corrected chi connectivity index (χ4v) is 2.72. The number of aryl methyl sites for hydroxylation is 1. The minimum Gasteiger partial charge on any atom is -0.484 e. The average Bonchev–Trinajstić information content (AvgIpc) is 2.58. The molecule has 24 heavy (non-hydrogen) atoms. The number of carbonyl (C=O) groups excluding carboxylic acids is 1. The van der Waals surface area contributed by atoms with Crippen LogP contribution in [0.1, 0.15) is 12.5 Å². The Hall–Kier alpha value is -2.45. The Morgan fingerprint density at radius 3 is 2.50 bits per heavy atom. The lowest BCUT2D eigenvalue weighted by atomic mass is 10.2. The van der Waals surface area contributed by atoms with Gasteiger partial charge >= 0.3 is 0 Å². The molecule has 0 heterocycles. The number of hydrazine groups is 1. The summed E-state index contributed by atoms with van der Waals surface area (Å²) in [5.41, 5.74) is 3.14. The molecule has 0 aromatic heterocycles. The summed E-state index contributed by atoms with van der Waals surface area (Å²) in [7, 11) is -4.05. The number of amides is 1. The lowest BCUT2D eigenvalue weighted by molar-refractivity contribution is -0.123. The van der Waals surface area contributed by atoms with Crippen LogP contribution in [0.3, 0.4) is 0 Å². The van der Waals surface area contributed by atoms with Crippen LogP contribution >= 0.6 is 0 Å². The smallest absolute Gasteiger partial charge is 0.272 e. The van der Waals surface area contributed by atoms with Crippen LogP contribution in [0.25, 0.3) is 0 Å². The van der Waals surface area contributed by atoms with Gasteiger partial charge in [-0.3, -0.25) is 10.2 Å². The Kier molecular flexibility index (Phi) is 5.88. The molecule has 2 rings (SSSR count). The molecule has 0 spiro atoms. The highest BCUT2D eigenvalue weighted by Crippen LogP contribution is 2.12. The molecule has 0 aliphatic carbocycles. The molecule has 0 radical (unpaired) electrons. The molecule has 0 saturated heterocycles. The number of sulfonamides is 1. The highest BCUT2D eigenvalue weighted by Gasteiger charge is 2.15. The molecular formula is C16H17FN2O4S. The van der Waals surface area contributed by atoms with Gasteiger partial charge in [0.15, 0.2) is 6.61 Å². The first kappa shape index (κ1) is 17.9. The highest BCUT2D eigenvalue weighted by atomic mass is 32.2. The summed E-state index contributed by atoms with van der Waals surface area (Å²) in [4.78, 5) is 13.2. The molecule has 0 unspecified atom stereocenters. The predicted molar refractivity (Wildman–Crippen MR) is 86.2 cm³/mol. The van der Waals surface area contributed by atoms with Crippen molar-refractivity contribution >= 4 is 15.9 Å². The fraction of sp³-hybridized carbons (Fsp3) is 0.188. The molecule has 128 valence electrons. The first-order valence-corrected chi connectivity index (χ1v) is 8.67. The maximum atomic E-state index is 13.1. The van der Waals surface area contributed by atoms with Crippen molar-refractivity contribution in [1.29, 1.82) is 0 Å². The van der Waals surface area contributed by atoms with Crippen LogP contribution in [-0.2, 0) is 21.2 Å². The van der Waals surface area contributed by atoms with Gasteiger partial charge in [0, 0.05) is 0 Å². The summed E-state index contributed by atoms with van der Waals surface area (Å²) in [6.07, 6.45) is 0.891. The molecule has 1 amide bonds. The van der Waals surface area contributed by atoms with Crippen LogP contribution in [-0.4, -0.2) is 20.9 Å². The summed E-state index contributed by atoms with van der Waals surface area (Å²) >= 11 is 0. The molecule has 0 atom stereocenters. The van der Waals surface area contributed by atoms with Crippen molar-refractivity contribution in [2.45, 2.75) is 18.2 Å². The Bertz CT molecular complexity index is 807. The molecule has 2 N–H and O–H groups in total. The van der Waals surface area contributed by atoms with E-state index in [4.69, 9.17) is 4.74 Å². The van der Waals surface area contributed by atoms with Crippen molar-refractivity contribution in [2.24, 2.45) is 0 Å². The van der Waals surface area contributed by atoms with Gasteiger partial charge < -0.3 is 4.74 Å². The SMILES string of the molecule is CCc1ccc(OCC(=O)NNS(=O)(=O)c2cccc(F)c2)cc1. The Balaban J connectivity index is 1.86. The molecule has 0 fully saturated rings. The summed E-state index contributed by atoms with van der Waals surface area (Å²) in [6, 6.07) is 11.6. The van der Waals surface area contributed by atoms with Gasteiger partial charge in [-0.15, -0.1) is 4.83 Å². The molecule has 2 aromatic rings. The van der Waals surface area contributed by atoms with Gasteiger partial charge in [-0.25, -0.2) is 12.8 Å². The first-order valence-electron chi connectivity index (χ1n) is 7.18. The highest BCUT2D eigenvalue weighted by molar-refractivity contribution is 7.89. The summed E-state index contributed by atoms with van der Waals surface area (Å²) in [5, 5.41) is 0. The van der Waals surface area contributed by atoms with Gasteiger partial charge in [0.1, 0.15) is 11.6 Å². The van der Waals surface area contributed by atoms with Crippen LogP contribution in [0.5, 0.6) is 5.75 Å². The molecule has 0 saturated carbocycles. The Morgan fingerprint density at radius 2 is 1.88 bits per heavy atom. The van der Waals surface area contributed by atoms with Crippen molar-refractivity contribution in [1.82, 2.24) is 10.3 Å². The number of benzene rings is 2. The lowest BCUT2D eigenvalue weighted by Crippen LogP contribution is -2.43. The summed E-state index contributed by atoms with van der Waals surface area (Å²) < 4.78 is 42.1. The van der Waals surface area contributed by atoms with E-state index in [1.807, 2.05) is 29.3 Å². The molecule has 2 aromatic carbocycles. The maximum Gasteiger partial charge on any atom is 0.272 e. The largest absolute Gasteiger partial charge is 0.484 e. The van der Waals surface area contributed by atoms with Crippen molar-refractivity contribution in [3.05, 3.63) is 59.9 Å². The molecular weight excluding hydrogens is 335 g/mol. The molecule has 8 heteroatoms. The van der Waals surface area contributed by atoms with Crippen LogP contribution in [0.2, 0.25) is 0 Å². The van der Waals surface area contributed by atoms with E-state index < -0.39 is 21.7 Å². The van der Waals surface area contributed by atoms with E-state index in [9.17, 15) is 17.6 Å². The van der Waals surface area contributed by atoms with Crippen molar-refractivity contribution in [3.8, 4) is 5.75 Å². The van der Waals surface area contributed by atoms with Crippen LogP contribution < -0.4 is 15.0 Å². The number of rotatable bonds is 7. The van der Waals surface area contributed by atoms with E-state index in [0.717, 1.165) is 24.1 Å². The number of nitrogens with one attached hydrogen (secondary N) is 2. The van der Waals surface area contributed by atoms with Gasteiger partial charge in [0.2, 0.25) is 0 Å². The molecule has 0 bridgehead atoms. The molecule has 0 aliphatic rings. The second-order valence-corrected chi connectivity index (χ2v) is 6.58. The lowest BCUT2D eigenvalue weighted by Gasteiger charge is -2.10. The minimum absolute atomic E-state index is 0.293. The topological polar surface area (TPSA) is 84.5 Å². The van der Waals surface area contributed by atoms with Crippen LogP contribution in [0, 0.1) is 5.82 Å². The van der Waals surface area contributed by atoms with Crippen LogP contribution in [0.15, 0.2) is 53.4 Å². The number of ether oxygens (including phenoxy) is 1. The van der Waals surface area contributed by atoms with Crippen molar-refractivity contribution in [3.63, 3.8) is 0 Å². The first-order chi connectivity index (χ1) is 11.4. The van der Waals surface area contributed by atoms with Gasteiger partial charge in [-0.05, 0) is 42.3 Å². The normalized spacial score (nSPS) is 11.1. The second kappa shape index (κ2) is 7.89. The third kappa shape index (κ3) is 5.04. The summed E-state index contributed by atoms with van der Waals surface area (Å²) in [6.45, 7) is 1.66. The third-order valence-corrected chi connectivity index (χ3v) is 4.38. The number of hydrogen-bond acceptors (Lipinski definition) is 4. The van der Waals surface area contributed by atoms with Gasteiger partial charge in [-0.2, -0.15) is 0 Å². The third-order valence-electron chi connectivity index (χ3n) is 3.13. The van der Waals surface area contributed by atoms with E-state index in [1.165, 1.54) is 12.1 Å². The summed E-state index contributed by atoms with van der Waals surface area (Å²) in [5.74, 6) is -0.882. The zero-order valence-corrected chi connectivity index (χ0v) is 13.8. The quantitative estimate of drug-likeness (QED) is 0.744. The standard InChI is InChI=1S/C16H17FN2O4S/c1-2-12-6-8-14(9-7-12)23-11-16(20)18-19-24(21,22)15-5-3-4-13(17)10-15/h3-10,19H,2,11H2,1H3,(H,18,20). The number of hydrogen-bond donors (Lipinski definition) is 2. The monoisotopic (exact) mass is 352 g/mol. The molecule has 6 nitrogen and oxygen atoms in total. The molecule has 0 aliphatic heterocycles. The fourth-order valence-electron chi connectivity index (χ4n) is 1.82. The zero-order valence-electron chi connectivity index (χ0n) is 13.0. The number of carbonyl (C=O) groups is 1. The van der Waals surface area contributed by atoms with Gasteiger partial charge in [0.25, 0.3) is 15.9 Å². The van der Waals surface area contributed by atoms with E-state index in [2.05, 4.69) is 0 Å². The van der Waals surface area contributed by atoms with Crippen molar-refractivity contribution in [2.75, 3.05) is 6.61 Å². The number of halogens is 1. The minimum atomic E-state index is -4.05. The average molecular weight is 352 g/mol. The van der Waals surface area contributed by atoms with E-state index in [-0.39, 0.29) is 11.5 Å². The van der Waals surface area contributed by atoms with E-state index in [1.54, 1.807) is 12.1 Å². The van der Waals surface area contributed by atoms with E-state index in [0.29, 0.717) is 5.75 Å². The Labute approximate surface area is 139 Å². The van der Waals surface area contributed by atoms with Gasteiger partial charge in [-0.1, -0.05) is 25.1 Å². The van der Waals surface area contributed by atoms with Crippen molar-refractivity contribution < 1.29 is 22.3 Å². The Morgan fingerprint density at radius 1 is 1.17 bits per heavy atom. The predicted octanol–water partition coefficient (Wildman–Crippen LogP) is 1.78. The zero-order chi connectivity index (χ0) is 17.6. The van der Waals surface area contributed by atoms with Crippen LogP contribution in [0.4, 0.5) is 4.39 Å². The second-order valence-electron chi connectivity index (χ2n) is 4.90. The van der Waals surface area contributed by atoms with E-state index >= 15 is 0 Å². The van der Waals surface area contributed by atoms with Gasteiger partial charge in [0.05, 0.1) is 4.90 Å². The maximum absolute atomic E-state index is 13.1.